The number of urea groups is 1. The molecule has 0 aromatic rings. The maximum atomic E-state index is 11.0. The minimum absolute atomic E-state index is 0.0544. The van der Waals surface area contributed by atoms with Crippen molar-refractivity contribution in [3.63, 3.8) is 0 Å². The van der Waals surface area contributed by atoms with Crippen LogP contribution >= 0.6 is 12.2 Å². The molecule has 12 heavy (non-hydrogen) atoms. The zero-order valence-corrected chi connectivity index (χ0v) is 7.41. The summed E-state index contributed by atoms with van der Waals surface area (Å²) in [5.41, 5.74) is 9.76. The fourth-order valence-electron chi connectivity index (χ4n) is 0.892. The van der Waals surface area contributed by atoms with Gasteiger partial charge >= 0.3 is 6.03 Å². The van der Waals surface area contributed by atoms with Crippen molar-refractivity contribution in [2.75, 3.05) is 0 Å². The molecule has 0 heterocycles. The Kier molecular flexibility index (Phi) is 3.09. The van der Waals surface area contributed by atoms with Crippen molar-refractivity contribution < 1.29 is 4.79 Å². The Morgan fingerprint density at radius 3 is 2.50 bits per heavy atom. The fraction of sp³-hybridized carbons (Fsp3) is 0.667. The minimum atomic E-state index is -0.285. The van der Waals surface area contributed by atoms with Gasteiger partial charge in [0.25, 0.3) is 0 Å². The van der Waals surface area contributed by atoms with Gasteiger partial charge in [-0.1, -0.05) is 0 Å². The number of hydrogen-bond acceptors (Lipinski definition) is 2. The molecular formula is C6H12N4OS. The molecule has 1 aliphatic rings. The van der Waals surface area contributed by atoms with Crippen LogP contribution in [0, 0.1) is 0 Å². The highest BCUT2D eigenvalue weighted by Gasteiger charge is 2.18. The molecule has 1 saturated carbocycles. The van der Waals surface area contributed by atoms with Gasteiger partial charge < -0.3 is 11.1 Å². The van der Waals surface area contributed by atoms with E-state index in [0.717, 1.165) is 12.8 Å². The summed E-state index contributed by atoms with van der Waals surface area (Å²) in [6, 6.07) is 0.0330. The van der Waals surface area contributed by atoms with Crippen LogP contribution < -0.4 is 21.9 Å². The predicted molar refractivity (Wildman–Crippen MR) is 49.2 cm³/mol. The Bertz CT molecular complexity index is 192. The molecule has 68 valence electrons. The molecule has 0 spiro atoms. The molecule has 0 saturated heterocycles. The minimum Gasteiger partial charge on any atom is -0.375 e. The van der Waals surface area contributed by atoms with Crippen LogP contribution in [0.5, 0.6) is 0 Å². The van der Waals surface area contributed by atoms with E-state index < -0.39 is 0 Å². The van der Waals surface area contributed by atoms with Gasteiger partial charge in [-0.05, 0) is 31.5 Å². The maximum Gasteiger partial charge on any atom is 0.333 e. The number of nitrogens with two attached hydrogens (primary N) is 1. The van der Waals surface area contributed by atoms with Crippen molar-refractivity contribution in [1.82, 2.24) is 16.2 Å². The molecule has 0 bridgehead atoms. The second-order valence-corrected chi connectivity index (χ2v) is 3.16. The second-order valence-electron chi connectivity index (χ2n) is 2.72. The smallest absolute Gasteiger partial charge is 0.333 e. The van der Waals surface area contributed by atoms with E-state index in [9.17, 15) is 4.79 Å². The average Bonchev–Trinajstić information content (AvgIpc) is 1.93. The SMILES string of the molecule is NC(=S)NNC(=O)NC1CCC1. The van der Waals surface area contributed by atoms with E-state index in [1.807, 2.05) is 0 Å². The number of nitrogens with one attached hydrogen (secondary N) is 3. The summed E-state index contributed by atoms with van der Waals surface area (Å²) in [4.78, 5) is 11.0. The lowest BCUT2D eigenvalue weighted by Gasteiger charge is -2.26. The first-order valence-corrected chi connectivity index (χ1v) is 4.21. The van der Waals surface area contributed by atoms with Crippen molar-refractivity contribution >= 4 is 23.4 Å². The van der Waals surface area contributed by atoms with E-state index in [1.165, 1.54) is 6.42 Å². The summed E-state index contributed by atoms with van der Waals surface area (Å²) in [7, 11) is 0. The Labute approximate surface area is 76.0 Å². The summed E-state index contributed by atoms with van der Waals surface area (Å²) < 4.78 is 0. The highest BCUT2D eigenvalue weighted by atomic mass is 32.1. The number of amides is 2. The van der Waals surface area contributed by atoms with Crippen LogP contribution in [0.15, 0.2) is 0 Å². The van der Waals surface area contributed by atoms with Gasteiger partial charge in [0.15, 0.2) is 5.11 Å². The monoisotopic (exact) mass is 188 g/mol. The van der Waals surface area contributed by atoms with Gasteiger partial charge in [0, 0.05) is 6.04 Å². The highest BCUT2D eigenvalue weighted by molar-refractivity contribution is 7.80. The molecule has 5 nitrogen and oxygen atoms in total. The number of hydrazine groups is 1. The molecule has 5 N–H and O–H groups in total. The lowest BCUT2D eigenvalue weighted by atomic mass is 9.93. The number of hydrogen-bond donors (Lipinski definition) is 4. The van der Waals surface area contributed by atoms with Crippen LogP contribution in [0.4, 0.5) is 4.79 Å². The molecule has 0 unspecified atom stereocenters. The molecule has 0 aromatic heterocycles. The van der Waals surface area contributed by atoms with Crippen LogP contribution in [0.1, 0.15) is 19.3 Å². The lowest BCUT2D eigenvalue weighted by Crippen LogP contribution is -2.52. The van der Waals surface area contributed by atoms with Crippen LogP contribution in [0.3, 0.4) is 0 Å². The van der Waals surface area contributed by atoms with Crippen LogP contribution in [-0.2, 0) is 0 Å². The Morgan fingerprint density at radius 2 is 2.08 bits per heavy atom. The molecule has 1 aliphatic carbocycles. The van der Waals surface area contributed by atoms with Gasteiger partial charge in [-0.25, -0.2) is 10.2 Å². The van der Waals surface area contributed by atoms with E-state index in [-0.39, 0.29) is 11.1 Å². The van der Waals surface area contributed by atoms with Crippen molar-refractivity contribution in [1.29, 1.82) is 0 Å². The molecule has 0 atom stereocenters. The predicted octanol–water partition coefficient (Wildman–Crippen LogP) is -0.414. The summed E-state index contributed by atoms with van der Waals surface area (Å²) in [6.45, 7) is 0. The standard InChI is InChI=1S/C6H12N4OS/c7-5(12)9-10-6(11)8-4-2-1-3-4/h4H,1-3H2,(H3,7,9,12)(H2,8,10,11). The van der Waals surface area contributed by atoms with E-state index in [4.69, 9.17) is 5.73 Å². The molecular weight excluding hydrogens is 176 g/mol. The molecule has 1 rings (SSSR count). The molecule has 1 fully saturated rings. The van der Waals surface area contributed by atoms with E-state index in [2.05, 4.69) is 28.4 Å². The van der Waals surface area contributed by atoms with Crippen molar-refractivity contribution in [3.8, 4) is 0 Å². The summed E-state index contributed by atoms with van der Waals surface area (Å²) in [5.74, 6) is 0. The van der Waals surface area contributed by atoms with Gasteiger partial charge in [0.2, 0.25) is 0 Å². The molecule has 0 aromatic carbocycles. The number of carbonyl (C=O) groups is 1. The topological polar surface area (TPSA) is 79.2 Å². The van der Waals surface area contributed by atoms with Crippen molar-refractivity contribution in [2.45, 2.75) is 25.3 Å². The zero-order valence-electron chi connectivity index (χ0n) is 6.59. The first kappa shape index (κ1) is 9.05. The Balaban J connectivity index is 2.06. The molecule has 6 heteroatoms. The largest absolute Gasteiger partial charge is 0.375 e. The fourth-order valence-corrected chi connectivity index (χ4v) is 0.943. The maximum absolute atomic E-state index is 11.0. The molecule has 0 aliphatic heterocycles. The van der Waals surface area contributed by atoms with Crippen LogP contribution in [-0.4, -0.2) is 17.2 Å². The van der Waals surface area contributed by atoms with Crippen LogP contribution in [0.2, 0.25) is 0 Å². The normalized spacial score (nSPS) is 16.0. The van der Waals surface area contributed by atoms with E-state index >= 15 is 0 Å². The average molecular weight is 188 g/mol. The molecule has 2 amide bonds. The third-order valence-corrected chi connectivity index (χ3v) is 1.84. The number of rotatable bonds is 1. The quantitative estimate of drug-likeness (QED) is 0.333. The van der Waals surface area contributed by atoms with Crippen LogP contribution in [0.25, 0.3) is 0 Å². The third-order valence-electron chi connectivity index (χ3n) is 1.74. The third kappa shape index (κ3) is 2.91. The summed E-state index contributed by atoms with van der Waals surface area (Å²) in [5, 5.41) is 2.80. The van der Waals surface area contributed by atoms with Gasteiger partial charge in [-0.2, -0.15) is 0 Å². The van der Waals surface area contributed by atoms with Gasteiger partial charge in [-0.15, -0.1) is 0 Å². The number of thiocarbonyl (C=S) groups is 1. The zero-order chi connectivity index (χ0) is 8.97. The van der Waals surface area contributed by atoms with E-state index in [0.29, 0.717) is 6.04 Å². The summed E-state index contributed by atoms with van der Waals surface area (Å²) >= 11 is 4.49. The second kappa shape index (κ2) is 4.10. The van der Waals surface area contributed by atoms with Gasteiger partial charge in [-0.3, -0.25) is 5.43 Å². The van der Waals surface area contributed by atoms with Gasteiger partial charge in [0.1, 0.15) is 0 Å². The summed E-state index contributed by atoms with van der Waals surface area (Å²) in [6.07, 6.45) is 3.30. The first-order chi connectivity index (χ1) is 5.68. The lowest BCUT2D eigenvalue weighted by molar-refractivity contribution is 0.226. The van der Waals surface area contributed by atoms with Gasteiger partial charge in [0.05, 0.1) is 0 Å². The van der Waals surface area contributed by atoms with Crippen molar-refractivity contribution in [3.05, 3.63) is 0 Å². The Hall–Kier alpha value is -1.04. The highest BCUT2D eigenvalue weighted by Crippen LogP contribution is 2.17. The number of carbonyl (C=O) groups excluding carboxylic acids is 1. The molecule has 0 radical (unpaired) electrons. The Morgan fingerprint density at radius 1 is 1.42 bits per heavy atom. The van der Waals surface area contributed by atoms with E-state index in [1.54, 1.807) is 0 Å². The first-order valence-electron chi connectivity index (χ1n) is 3.80. The van der Waals surface area contributed by atoms with Crippen molar-refractivity contribution in [2.24, 2.45) is 5.73 Å².